The van der Waals surface area contributed by atoms with E-state index in [0.717, 1.165) is 32.3 Å². The number of ether oxygens (including phenoxy) is 6. The number of nitrogens with two attached hydrogens (primary N) is 2. The molecule has 0 radical (unpaired) electrons. The van der Waals surface area contributed by atoms with Crippen LogP contribution in [0, 0.1) is 0 Å². The third kappa shape index (κ3) is 47.1. The molecule has 60 heavy (non-hydrogen) atoms. The molecule has 10 nitrogen and oxygen atoms in total. The van der Waals surface area contributed by atoms with Crippen LogP contribution in [0.4, 0.5) is 0 Å². The first-order chi connectivity index (χ1) is 29.7. The maximum Gasteiger partial charge on any atom is 0.268 e. The molecule has 0 aliphatic heterocycles. The van der Waals surface area contributed by atoms with Crippen LogP contribution in [0.2, 0.25) is 0 Å². The first kappa shape index (κ1) is 58.0. The van der Waals surface area contributed by atoms with Gasteiger partial charge in [0.15, 0.2) is 0 Å². The van der Waals surface area contributed by atoms with Crippen LogP contribution in [0.15, 0.2) is 36.2 Å². The predicted molar refractivity (Wildman–Crippen MR) is 252 cm³/mol. The predicted octanol–water partition coefficient (Wildman–Crippen LogP) is 11.4. The first-order valence-electron chi connectivity index (χ1n) is 24.9. The van der Waals surface area contributed by atoms with Gasteiger partial charge in [0.05, 0.1) is 59.5 Å². The van der Waals surface area contributed by atoms with Crippen molar-refractivity contribution in [1.82, 2.24) is 5.32 Å². The molecule has 1 amide bonds. The van der Waals surface area contributed by atoms with E-state index in [4.69, 9.17) is 39.9 Å². The average molecular weight is 852 g/mol. The summed E-state index contributed by atoms with van der Waals surface area (Å²) < 4.78 is 34.9. The van der Waals surface area contributed by atoms with E-state index in [0.29, 0.717) is 66.0 Å². The summed E-state index contributed by atoms with van der Waals surface area (Å²) in [5.74, 6) is -0.404. The van der Waals surface area contributed by atoms with E-state index < -0.39 is 5.91 Å². The molecule has 0 saturated carbocycles. The number of nitrogens with one attached hydrogen (secondary N) is 1. The number of rotatable bonds is 50. The van der Waals surface area contributed by atoms with Crippen molar-refractivity contribution in [3.05, 3.63) is 36.2 Å². The summed E-state index contributed by atoms with van der Waals surface area (Å²) in [5, 5.41) is 2.62. The van der Waals surface area contributed by atoms with Crippen LogP contribution >= 0.6 is 0 Å². The van der Waals surface area contributed by atoms with Gasteiger partial charge in [-0.1, -0.05) is 154 Å². The highest BCUT2D eigenvalue weighted by Gasteiger charge is 2.10. The third-order valence-electron chi connectivity index (χ3n) is 10.5. The van der Waals surface area contributed by atoms with E-state index in [-0.39, 0.29) is 11.8 Å². The summed E-state index contributed by atoms with van der Waals surface area (Å²) >= 11 is 0. The maximum absolute atomic E-state index is 11.5. The number of amides is 1. The summed E-state index contributed by atoms with van der Waals surface area (Å²) in [7, 11) is 0. The van der Waals surface area contributed by atoms with E-state index in [1.807, 2.05) is 0 Å². The number of hydrogen-bond acceptors (Lipinski definition) is 9. The van der Waals surface area contributed by atoms with Crippen LogP contribution in [0.3, 0.4) is 0 Å². The molecule has 0 aromatic carbocycles. The maximum atomic E-state index is 11.5. The molecule has 0 saturated heterocycles. The molecule has 0 aliphatic rings. The van der Waals surface area contributed by atoms with Gasteiger partial charge >= 0.3 is 0 Å². The second-order valence-corrected chi connectivity index (χ2v) is 16.2. The summed E-state index contributed by atoms with van der Waals surface area (Å²) in [6.45, 7) is 10.7. The molecule has 5 N–H and O–H groups in total. The Morgan fingerprint density at radius 1 is 0.450 bits per heavy atom. The number of hydrogen-bond donors (Lipinski definition) is 3. The fourth-order valence-electron chi connectivity index (χ4n) is 6.70. The van der Waals surface area contributed by atoms with Crippen molar-refractivity contribution < 1.29 is 33.2 Å². The smallest absolute Gasteiger partial charge is 0.268 e. The zero-order chi connectivity index (χ0) is 43.5. The third-order valence-corrected chi connectivity index (χ3v) is 10.5. The molecule has 1 atom stereocenters. The van der Waals surface area contributed by atoms with Gasteiger partial charge in [0.1, 0.15) is 11.8 Å². The Morgan fingerprint density at radius 2 is 0.800 bits per heavy atom. The molecule has 10 heteroatoms. The Hall–Kier alpha value is -1.95. The van der Waals surface area contributed by atoms with Gasteiger partial charge in [0.2, 0.25) is 0 Å². The highest BCUT2D eigenvalue weighted by molar-refractivity contribution is 5.92. The first-order valence-corrected chi connectivity index (χ1v) is 24.9. The molecule has 1 unspecified atom stereocenters. The quantitative estimate of drug-likeness (QED) is 0.0310. The highest BCUT2D eigenvalue weighted by Crippen LogP contribution is 2.12. The van der Waals surface area contributed by atoms with Crippen molar-refractivity contribution in [2.24, 2.45) is 11.5 Å². The van der Waals surface area contributed by atoms with E-state index in [2.05, 4.69) is 43.5 Å². The van der Waals surface area contributed by atoms with Crippen molar-refractivity contribution in [3.63, 3.8) is 0 Å². The lowest BCUT2D eigenvalue weighted by atomic mass is 10.1. The largest absolute Gasteiger partial charge is 0.403 e. The summed E-state index contributed by atoms with van der Waals surface area (Å²) in [6, 6.07) is 0. The van der Waals surface area contributed by atoms with E-state index in [1.165, 1.54) is 167 Å². The van der Waals surface area contributed by atoms with Crippen LogP contribution in [0.1, 0.15) is 194 Å². The molecule has 0 aromatic heterocycles. The van der Waals surface area contributed by atoms with Crippen molar-refractivity contribution in [2.45, 2.75) is 200 Å². The lowest BCUT2D eigenvalue weighted by molar-refractivity contribution is -0.117. The molecule has 0 fully saturated rings. The monoisotopic (exact) mass is 852 g/mol. The van der Waals surface area contributed by atoms with Crippen molar-refractivity contribution in [2.75, 3.05) is 79.2 Å². The highest BCUT2D eigenvalue weighted by atomic mass is 16.6. The minimum absolute atomic E-state index is 0.0141. The van der Waals surface area contributed by atoms with Crippen LogP contribution in [0.5, 0.6) is 0 Å². The molecule has 0 spiro atoms. The molecular formula is C50H97N3O7. The van der Waals surface area contributed by atoms with Crippen molar-refractivity contribution in [1.29, 1.82) is 0 Å². The van der Waals surface area contributed by atoms with Gasteiger partial charge in [-0.25, -0.2) is 0 Å². The summed E-state index contributed by atoms with van der Waals surface area (Å²) in [6.07, 6.45) is 47.1. The van der Waals surface area contributed by atoms with Gasteiger partial charge in [0, 0.05) is 26.0 Å². The number of allylic oxidation sites excluding steroid dienone is 4. The second-order valence-electron chi connectivity index (χ2n) is 16.2. The van der Waals surface area contributed by atoms with Gasteiger partial charge in [0.25, 0.3) is 5.91 Å². The molecule has 0 aliphatic carbocycles. The standard InChI is InChI=1S/C50H97N3O7/c1-3-5-7-9-11-13-15-17-19-21-23-25-27-29-31-33-36-58-46-48(60-37-34-32-30-28-26-24-22-20-18-16-14-12-10-8-6-4-2)47-59-44-43-57-42-41-56-40-39-55-38-35-53-50(54)49(52)45-51/h17-20,45,48H,3-16,21-44,46-47,51-52H2,1-2H3,(H,53,54)/b19-17-,20-18-,49-45-. The van der Waals surface area contributed by atoms with Gasteiger partial charge in [-0.3, -0.25) is 4.79 Å². The minimum Gasteiger partial charge on any atom is -0.403 e. The van der Waals surface area contributed by atoms with Gasteiger partial charge in [-0.15, -0.1) is 0 Å². The zero-order valence-electron chi connectivity index (χ0n) is 39.3. The molecule has 0 aromatic rings. The lowest BCUT2D eigenvalue weighted by Crippen LogP contribution is -2.32. The molecular weight excluding hydrogens is 755 g/mol. The number of carbonyl (C=O) groups is 1. The SMILES string of the molecule is CCCCCCCC/C=C\CCCCCCCCOCC(COCCOCCOCCOCCNC(=O)/C(N)=C/N)OCCCCCCCC/C=C\CCCCCCCC. The van der Waals surface area contributed by atoms with Crippen LogP contribution < -0.4 is 16.8 Å². The van der Waals surface area contributed by atoms with E-state index >= 15 is 0 Å². The molecule has 0 rings (SSSR count). The fourth-order valence-corrected chi connectivity index (χ4v) is 6.70. The van der Waals surface area contributed by atoms with Gasteiger partial charge < -0.3 is 45.2 Å². The van der Waals surface area contributed by atoms with Crippen molar-refractivity contribution in [3.8, 4) is 0 Å². The van der Waals surface area contributed by atoms with E-state index in [9.17, 15) is 4.79 Å². The van der Waals surface area contributed by atoms with Crippen LogP contribution in [-0.2, 0) is 33.2 Å². The molecule has 0 heterocycles. The Balaban J connectivity index is 4.07. The topological polar surface area (TPSA) is 137 Å². The molecule has 354 valence electrons. The number of carbonyl (C=O) groups excluding carboxylic acids is 1. The lowest BCUT2D eigenvalue weighted by Gasteiger charge is -2.18. The van der Waals surface area contributed by atoms with Gasteiger partial charge in [-0.05, 0) is 64.2 Å². The molecule has 0 bridgehead atoms. The Morgan fingerprint density at radius 3 is 1.23 bits per heavy atom. The fraction of sp³-hybridized carbons (Fsp3) is 0.860. The Labute approximate surface area is 370 Å². The average Bonchev–Trinajstić information content (AvgIpc) is 3.26. The van der Waals surface area contributed by atoms with Crippen LogP contribution in [-0.4, -0.2) is 91.2 Å². The van der Waals surface area contributed by atoms with E-state index in [1.54, 1.807) is 0 Å². The van der Waals surface area contributed by atoms with Crippen LogP contribution in [0.25, 0.3) is 0 Å². The van der Waals surface area contributed by atoms with Gasteiger partial charge in [-0.2, -0.15) is 0 Å². The number of unbranched alkanes of at least 4 members (excludes halogenated alkanes) is 24. The Kier molecular flexibility index (Phi) is 49.7. The zero-order valence-corrected chi connectivity index (χ0v) is 39.3. The summed E-state index contributed by atoms with van der Waals surface area (Å²) in [4.78, 5) is 11.5. The van der Waals surface area contributed by atoms with Crippen molar-refractivity contribution >= 4 is 5.91 Å². The normalized spacial score (nSPS) is 12.7. The summed E-state index contributed by atoms with van der Waals surface area (Å²) in [5.41, 5.74) is 10.6. The Bertz CT molecular complexity index is 949. The second kappa shape index (κ2) is 51.4. The minimum atomic E-state index is -0.404.